The van der Waals surface area contributed by atoms with Crippen molar-refractivity contribution in [1.29, 1.82) is 0 Å². The molecule has 102 valence electrons. The lowest BCUT2D eigenvalue weighted by Gasteiger charge is -2.17. The predicted molar refractivity (Wildman–Crippen MR) is 81.6 cm³/mol. The van der Waals surface area contributed by atoms with Gasteiger partial charge in [0.25, 0.3) is 0 Å². The molecule has 0 saturated heterocycles. The van der Waals surface area contributed by atoms with Crippen molar-refractivity contribution in [2.75, 3.05) is 7.11 Å². The lowest BCUT2D eigenvalue weighted by atomic mass is 10.0. The maximum atomic E-state index is 9.84. The largest absolute Gasteiger partial charge is 0.503 e. The van der Waals surface area contributed by atoms with Crippen molar-refractivity contribution in [3.8, 4) is 11.5 Å². The SMILES string of the molecule is COc1cc([C@@H](N)CC2CC2)c(Br)c(Br)c1O.Cl. The molecule has 0 aliphatic heterocycles. The number of methoxy groups -OCH3 is 1. The topological polar surface area (TPSA) is 55.5 Å². The zero-order chi connectivity index (χ0) is 12.6. The summed E-state index contributed by atoms with van der Waals surface area (Å²) < 4.78 is 6.54. The number of rotatable bonds is 4. The van der Waals surface area contributed by atoms with Crippen LogP contribution in [0, 0.1) is 5.92 Å². The third kappa shape index (κ3) is 3.32. The maximum absolute atomic E-state index is 9.84. The number of halogens is 3. The Morgan fingerprint density at radius 3 is 2.56 bits per heavy atom. The Balaban J connectivity index is 0.00000162. The second-order valence-electron chi connectivity index (χ2n) is 4.43. The Labute approximate surface area is 130 Å². The predicted octanol–water partition coefficient (Wildman–Crippen LogP) is 4.15. The van der Waals surface area contributed by atoms with Crippen LogP contribution in [0.25, 0.3) is 0 Å². The number of phenolic OH excluding ortho intramolecular Hbond substituents is 1. The van der Waals surface area contributed by atoms with E-state index in [-0.39, 0.29) is 24.2 Å². The first kappa shape index (κ1) is 16.1. The van der Waals surface area contributed by atoms with Crippen molar-refractivity contribution in [3.05, 3.63) is 20.6 Å². The van der Waals surface area contributed by atoms with Crippen LogP contribution < -0.4 is 10.5 Å². The minimum Gasteiger partial charge on any atom is -0.503 e. The highest BCUT2D eigenvalue weighted by molar-refractivity contribution is 9.13. The van der Waals surface area contributed by atoms with Gasteiger partial charge in [0, 0.05) is 10.5 Å². The number of hydrogen-bond donors (Lipinski definition) is 2. The Morgan fingerprint density at radius 1 is 1.44 bits per heavy atom. The first-order chi connectivity index (χ1) is 8.04. The van der Waals surface area contributed by atoms with Crippen LogP contribution in [0.15, 0.2) is 15.0 Å². The summed E-state index contributed by atoms with van der Waals surface area (Å²) >= 11 is 6.80. The molecule has 0 bridgehead atoms. The minimum absolute atomic E-state index is 0. The van der Waals surface area contributed by atoms with Crippen LogP contribution in [0.5, 0.6) is 11.5 Å². The third-order valence-corrected chi connectivity index (χ3v) is 5.24. The lowest BCUT2D eigenvalue weighted by Crippen LogP contribution is -2.12. The molecule has 2 rings (SSSR count). The summed E-state index contributed by atoms with van der Waals surface area (Å²) in [6, 6.07) is 1.78. The van der Waals surface area contributed by atoms with Gasteiger partial charge in [0.15, 0.2) is 11.5 Å². The summed E-state index contributed by atoms with van der Waals surface area (Å²) in [5.74, 6) is 1.30. The molecule has 3 N–H and O–H groups in total. The molecule has 1 fully saturated rings. The van der Waals surface area contributed by atoms with Crippen molar-refractivity contribution in [1.82, 2.24) is 0 Å². The smallest absolute Gasteiger partial charge is 0.173 e. The van der Waals surface area contributed by atoms with E-state index < -0.39 is 0 Å². The van der Waals surface area contributed by atoms with Crippen LogP contribution in [0.4, 0.5) is 0 Å². The average Bonchev–Trinajstić information content (AvgIpc) is 3.10. The fourth-order valence-corrected chi connectivity index (χ4v) is 2.90. The van der Waals surface area contributed by atoms with E-state index in [1.807, 2.05) is 0 Å². The molecular formula is C12H16Br2ClNO2. The van der Waals surface area contributed by atoms with Gasteiger partial charge >= 0.3 is 0 Å². The van der Waals surface area contributed by atoms with Crippen molar-refractivity contribution >= 4 is 44.3 Å². The van der Waals surface area contributed by atoms with Gasteiger partial charge in [-0.05, 0) is 55.8 Å². The molecule has 0 spiro atoms. The summed E-state index contributed by atoms with van der Waals surface area (Å²) in [4.78, 5) is 0. The number of phenols is 1. The zero-order valence-corrected chi connectivity index (χ0v) is 13.9. The van der Waals surface area contributed by atoms with Crippen LogP contribution in [0.3, 0.4) is 0 Å². The van der Waals surface area contributed by atoms with E-state index >= 15 is 0 Å². The monoisotopic (exact) mass is 399 g/mol. The second kappa shape index (κ2) is 6.46. The van der Waals surface area contributed by atoms with E-state index in [2.05, 4.69) is 31.9 Å². The first-order valence-electron chi connectivity index (χ1n) is 5.55. The summed E-state index contributed by atoms with van der Waals surface area (Å²) in [7, 11) is 1.53. The third-order valence-electron chi connectivity index (χ3n) is 3.08. The zero-order valence-electron chi connectivity index (χ0n) is 9.95. The van der Waals surface area contributed by atoms with Crippen LogP contribution in [-0.4, -0.2) is 12.2 Å². The van der Waals surface area contributed by atoms with Gasteiger partial charge in [0.1, 0.15) is 0 Å². The molecule has 0 amide bonds. The Kier molecular flexibility index (Phi) is 5.77. The quantitative estimate of drug-likeness (QED) is 0.797. The molecule has 18 heavy (non-hydrogen) atoms. The van der Waals surface area contributed by atoms with E-state index in [0.717, 1.165) is 22.4 Å². The van der Waals surface area contributed by atoms with Crippen molar-refractivity contribution < 1.29 is 9.84 Å². The van der Waals surface area contributed by atoms with E-state index in [1.165, 1.54) is 20.0 Å². The van der Waals surface area contributed by atoms with Crippen LogP contribution in [0.1, 0.15) is 30.9 Å². The van der Waals surface area contributed by atoms with Gasteiger partial charge in [-0.1, -0.05) is 12.8 Å². The number of nitrogens with two attached hydrogens (primary N) is 1. The molecule has 1 aromatic rings. The number of aromatic hydroxyl groups is 1. The summed E-state index contributed by atoms with van der Waals surface area (Å²) in [6.45, 7) is 0. The van der Waals surface area contributed by atoms with Crippen LogP contribution >= 0.6 is 44.3 Å². The maximum Gasteiger partial charge on any atom is 0.173 e. The normalized spacial score (nSPS) is 16.0. The minimum atomic E-state index is -0.0253. The Morgan fingerprint density at radius 2 is 2.06 bits per heavy atom. The van der Waals surface area contributed by atoms with E-state index in [9.17, 15) is 5.11 Å². The molecule has 0 unspecified atom stereocenters. The summed E-state index contributed by atoms with van der Waals surface area (Å²) in [5, 5.41) is 9.84. The highest BCUT2D eigenvalue weighted by atomic mass is 79.9. The van der Waals surface area contributed by atoms with Gasteiger partial charge in [0.05, 0.1) is 11.6 Å². The molecule has 3 nitrogen and oxygen atoms in total. The summed E-state index contributed by atoms with van der Waals surface area (Å²) in [5.41, 5.74) is 7.16. The van der Waals surface area contributed by atoms with Crippen molar-refractivity contribution in [2.24, 2.45) is 11.7 Å². The number of ether oxygens (including phenoxy) is 1. The van der Waals surface area contributed by atoms with Gasteiger partial charge in [0.2, 0.25) is 0 Å². The average molecular weight is 402 g/mol. The highest BCUT2D eigenvalue weighted by Crippen LogP contribution is 2.45. The first-order valence-corrected chi connectivity index (χ1v) is 7.13. The molecule has 1 aliphatic rings. The van der Waals surface area contributed by atoms with Crippen LogP contribution in [-0.2, 0) is 0 Å². The van der Waals surface area contributed by atoms with Crippen molar-refractivity contribution in [2.45, 2.75) is 25.3 Å². The fraction of sp³-hybridized carbons (Fsp3) is 0.500. The number of hydrogen-bond acceptors (Lipinski definition) is 3. The van der Waals surface area contributed by atoms with E-state index in [4.69, 9.17) is 10.5 Å². The lowest BCUT2D eigenvalue weighted by molar-refractivity contribution is 0.370. The molecule has 1 aliphatic carbocycles. The molecule has 6 heteroatoms. The molecule has 0 radical (unpaired) electrons. The molecule has 0 aromatic heterocycles. The Bertz CT molecular complexity index is 439. The standard InChI is InChI=1S/C12H15Br2NO2.ClH/c1-17-9-5-7(8(15)4-6-2-3-6)10(13)11(14)12(9)16;/h5-6,8,16H,2-4,15H2,1H3;1H/t8-;/m0./s1. The van der Waals surface area contributed by atoms with Gasteiger partial charge in [-0.3, -0.25) is 0 Å². The molecule has 1 atom stereocenters. The highest BCUT2D eigenvalue weighted by Gasteiger charge is 2.27. The second-order valence-corrected chi connectivity index (χ2v) is 6.02. The molecule has 0 heterocycles. The van der Waals surface area contributed by atoms with Crippen molar-refractivity contribution in [3.63, 3.8) is 0 Å². The van der Waals surface area contributed by atoms with Gasteiger partial charge in [-0.2, -0.15) is 0 Å². The van der Waals surface area contributed by atoms with Gasteiger partial charge < -0.3 is 15.6 Å². The van der Waals surface area contributed by atoms with Gasteiger partial charge in [-0.25, -0.2) is 0 Å². The van der Waals surface area contributed by atoms with Gasteiger partial charge in [-0.15, -0.1) is 12.4 Å². The molecular weight excluding hydrogens is 385 g/mol. The molecule has 1 aromatic carbocycles. The van der Waals surface area contributed by atoms with Crippen LogP contribution in [0.2, 0.25) is 0 Å². The molecule has 1 saturated carbocycles. The van der Waals surface area contributed by atoms with E-state index in [1.54, 1.807) is 6.07 Å². The summed E-state index contributed by atoms with van der Waals surface area (Å²) in [6.07, 6.45) is 3.54. The number of benzene rings is 1. The van der Waals surface area contributed by atoms with E-state index in [0.29, 0.717) is 10.2 Å². The Hall–Kier alpha value is 0.0300. The fourth-order valence-electron chi connectivity index (χ4n) is 1.88.